The molecule has 0 bridgehead atoms. The fourth-order valence-electron chi connectivity index (χ4n) is 3.66. The van der Waals surface area contributed by atoms with E-state index in [0.29, 0.717) is 23.7 Å². The molecule has 0 spiro atoms. The predicted molar refractivity (Wildman–Crippen MR) is 68.1 cm³/mol. The Kier molecular flexibility index (Phi) is 3.25. The van der Waals surface area contributed by atoms with Crippen molar-refractivity contribution in [3.8, 4) is 0 Å². The SMILES string of the molecule is C=C1C[C@H](O)[C@H](C(C)C)C2C=C(C)CCC12. The maximum atomic E-state index is 10.2. The standard InChI is InChI=1S/C15H24O/c1-9(2)15-13-7-10(3)5-6-12(13)11(4)8-14(15)16/h7,9,12-16H,4-6,8H2,1-3H3/t12?,13?,14-,15+/m0/s1. The van der Waals surface area contributed by atoms with E-state index in [1.807, 2.05) is 0 Å². The van der Waals surface area contributed by atoms with E-state index >= 15 is 0 Å². The molecule has 1 fully saturated rings. The maximum Gasteiger partial charge on any atom is 0.0613 e. The second kappa shape index (κ2) is 4.37. The highest BCUT2D eigenvalue weighted by molar-refractivity contribution is 5.21. The average Bonchev–Trinajstić information content (AvgIpc) is 2.15. The number of aliphatic hydroxyl groups excluding tert-OH is 1. The second-order valence-corrected chi connectivity index (χ2v) is 5.99. The zero-order valence-corrected chi connectivity index (χ0v) is 10.7. The second-order valence-electron chi connectivity index (χ2n) is 5.99. The van der Waals surface area contributed by atoms with Crippen molar-refractivity contribution < 1.29 is 5.11 Å². The lowest BCUT2D eigenvalue weighted by Crippen LogP contribution is -2.42. The summed E-state index contributed by atoms with van der Waals surface area (Å²) in [5, 5.41) is 10.2. The molecule has 0 heterocycles. The lowest BCUT2D eigenvalue weighted by Gasteiger charge is -2.45. The van der Waals surface area contributed by atoms with Crippen molar-refractivity contribution in [2.75, 3.05) is 0 Å². The van der Waals surface area contributed by atoms with Gasteiger partial charge in [-0.3, -0.25) is 0 Å². The van der Waals surface area contributed by atoms with Crippen molar-refractivity contribution in [1.29, 1.82) is 0 Å². The highest BCUT2D eigenvalue weighted by atomic mass is 16.3. The molecule has 16 heavy (non-hydrogen) atoms. The van der Waals surface area contributed by atoms with Crippen LogP contribution in [0.1, 0.15) is 40.0 Å². The van der Waals surface area contributed by atoms with E-state index in [2.05, 4.69) is 33.4 Å². The van der Waals surface area contributed by atoms with E-state index in [1.165, 1.54) is 24.0 Å². The number of allylic oxidation sites excluding steroid dienone is 2. The number of rotatable bonds is 1. The molecule has 90 valence electrons. The largest absolute Gasteiger partial charge is 0.392 e. The normalized spacial score (nSPS) is 39.6. The topological polar surface area (TPSA) is 20.2 Å². The van der Waals surface area contributed by atoms with Crippen molar-refractivity contribution in [3.63, 3.8) is 0 Å². The average molecular weight is 220 g/mol. The van der Waals surface area contributed by atoms with Crippen LogP contribution in [-0.2, 0) is 0 Å². The Hall–Kier alpha value is -0.560. The first-order valence-electron chi connectivity index (χ1n) is 6.53. The van der Waals surface area contributed by atoms with E-state index in [-0.39, 0.29) is 6.10 Å². The third kappa shape index (κ3) is 1.98. The van der Waals surface area contributed by atoms with Crippen molar-refractivity contribution in [3.05, 3.63) is 23.8 Å². The number of aliphatic hydroxyl groups is 1. The first-order chi connectivity index (χ1) is 7.50. The van der Waals surface area contributed by atoms with E-state index in [0.717, 1.165) is 6.42 Å². The summed E-state index contributed by atoms with van der Waals surface area (Å²) in [6.45, 7) is 10.9. The Morgan fingerprint density at radius 2 is 2.12 bits per heavy atom. The molecule has 0 aliphatic heterocycles. The summed E-state index contributed by atoms with van der Waals surface area (Å²) < 4.78 is 0. The van der Waals surface area contributed by atoms with Gasteiger partial charge in [0.1, 0.15) is 0 Å². The molecule has 2 aliphatic rings. The summed E-state index contributed by atoms with van der Waals surface area (Å²) in [6.07, 6.45) is 5.49. The predicted octanol–water partition coefficient (Wildman–Crippen LogP) is 3.55. The fraction of sp³-hybridized carbons (Fsp3) is 0.733. The van der Waals surface area contributed by atoms with Gasteiger partial charge in [0.25, 0.3) is 0 Å². The van der Waals surface area contributed by atoms with Gasteiger partial charge in [-0.05, 0) is 49.9 Å². The smallest absolute Gasteiger partial charge is 0.0613 e. The van der Waals surface area contributed by atoms with Gasteiger partial charge in [-0.1, -0.05) is 37.6 Å². The maximum absolute atomic E-state index is 10.2. The van der Waals surface area contributed by atoms with Crippen LogP contribution in [-0.4, -0.2) is 11.2 Å². The minimum atomic E-state index is -0.184. The van der Waals surface area contributed by atoms with Crippen LogP contribution >= 0.6 is 0 Å². The van der Waals surface area contributed by atoms with Crippen LogP contribution in [0, 0.1) is 23.7 Å². The first-order valence-corrected chi connectivity index (χ1v) is 6.53. The summed E-state index contributed by atoms with van der Waals surface area (Å²) in [6, 6.07) is 0. The van der Waals surface area contributed by atoms with Crippen molar-refractivity contribution in [1.82, 2.24) is 0 Å². The minimum Gasteiger partial charge on any atom is -0.392 e. The number of hydrogen-bond acceptors (Lipinski definition) is 1. The highest BCUT2D eigenvalue weighted by Crippen LogP contribution is 2.47. The molecule has 2 aliphatic carbocycles. The van der Waals surface area contributed by atoms with Gasteiger partial charge in [0.15, 0.2) is 0 Å². The highest BCUT2D eigenvalue weighted by Gasteiger charge is 2.41. The van der Waals surface area contributed by atoms with Crippen molar-refractivity contribution in [2.24, 2.45) is 23.7 Å². The molecule has 1 heteroatoms. The minimum absolute atomic E-state index is 0.184. The Morgan fingerprint density at radius 3 is 2.75 bits per heavy atom. The molecule has 0 radical (unpaired) electrons. The van der Waals surface area contributed by atoms with E-state index in [1.54, 1.807) is 0 Å². The van der Waals surface area contributed by atoms with Gasteiger partial charge in [-0.15, -0.1) is 0 Å². The molecule has 0 aromatic carbocycles. The molecule has 2 unspecified atom stereocenters. The van der Waals surface area contributed by atoms with Crippen LogP contribution in [0.15, 0.2) is 23.8 Å². The molecule has 1 nitrogen and oxygen atoms in total. The Balaban J connectivity index is 2.31. The van der Waals surface area contributed by atoms with Gasteiger partial charge in [-0.25, -0.2) is 0 Å². The molecule has 0 aromatic rings. The van der Waals surface area contributed by atoms with Gasteiger partial charge < -0.3 is 5.11 Å². The monoisotopic (exact) mass is 220 g/mol. The zero-order valence-electron chi connectivity index (χ0n) is 10.7. The molecular formula is C15H24O. The quantitative estimate of drug-likeness (QED) is 0.670. The molecule has 2 rings (SSSR count). The number of fused-ring (bicyclic) bond motifs is 1. The summed E-state index contributed by atoms with van der Waals surface area (Å²) in [5.41, 5.74) is 2.77. The van der Waals surface area contributed by atoms with Crippen LogP contribution in [0.3, 0.4) is 0 Å². The van der Waals surface area contributed by atoms with Crippen LogP contribution < -0.4 is 0 Å². The Morgan fingerprint density at radius 1 is 1.44 bits per heavy atom. The van der Waals surface area contributed by atoms with E-state index in [4.69, 9.17) is 0 Å². The van der Waals surface area contributed by atoms with E-state index in [9.17, 15) is 5.11 Å². The van der Waals surface area contributed by atoms with Gasteiger partial charge in [-0.2, -0.15) is 0 Å². The van der Waals surface area contributed by atoms with Crippen LogP contribution in [0.4, 0.5) is 0 Å². The third-order valence-corrected chi connectivity index (χ3v) is 4.45. The molecule has 1 N–H and O–H groups in total. The van der Waals surface area contributed by atoms with Gasteiger partial charge >= 0.3 is 0 Å². The van der Waals surface area contributed by atoms with Gasteiger partial charge in [0, 0.05) is 0 Å². The lowest BCUT2D eigenvalue weighted by atomic mass is 9.61. The van der Waals surface area contributed by atoms with Crippen LogP contribution in [0.2, 0.25) is 0 Å². The first kappa shape index (κ1) is 11.9. The summed E-state index contributed by atoms with van der Waals surface area (Å²) in [7, 11) is 0. The lowest BCUT2D eigenvalue weighted by molar-refractivity contribution is 0.0163. The van der Waals surface area contributed by atoms with Gasteiger partial charge in [0.05, 0.1) is 6.10 Å². The molecule has 4 atom stereocenters. The molecule has 0 saturated heterocycles. The van der Waals surface area contributed by atoms with Crippen LogP contribution in [0.5, 0.6) is 0 Å². The zero-order chi connectivity index (χ0) is 11.9. The summed E-state index contributed by atoms with van der Waals surface area (Å²) in [4.78, 5) is 0. The molecular weight excluding hydrogens is 196 g/mol. The summed E-state index contributed by atoms with van der Waals surface area (Å²) >= 11 is 0. The molecule has 0 aromatic heterocycles. The van der Waals surface area contributed by atoms with Gasteiger partial charge in [0.2, 0.25) is 0 Å². The van der Waals surface area contributed by atoms with Crippen molar-refractivity contribution in [2.45, 2.75) is 46.1 Å². The fourth-order valence-corrected chi connectivity index (χ4v) is 3.66. The van der Waals surface area contributed by atoms with E-state index < -0.39 is 0 Å². The van der Waals surface area contributed by atoms with Crippen molar-refractivity contribution >= 4 is 0 Å². The van der Waals surface area contributed by atoms with Crippen LogP contribution in [0.25, 0.3) is 0 Å². The molecule has 1 saturated carbocycles. The molecule has 0 amide bonds. The Labute approximate surface area is 99.3 Å². The third-order valence-electron chi connectivity index (χ3n) is 4.45. The summed E-state index contributed by atoms with van der Waals surface area (Å²) in [5.74, 6) is 2.13. The number of hydrogen-bond donors (Lipinski definition) is 1. The Bertz CT molecular complexity index is 313.